The lowest BCUT2D eigenvalue weighted by Gasteiger charge is -2.09. The summed E-state index contributed by atoms with van der Waals surface area (Å²) in [5, 5.41) is 2.91. The van der Waals surface area contributed by atoms with Gasteiger partial charge in [-0.25, -0.2) is 0 Å². The molecule has 2 heterocycles. The van der Waals surface area contributed by atoms with E-state index in [1.54, 1.807) is 24.7 Å². The summed E-state index contributed by atoms with van der Waals surface area (Å²) in [6.45, 7) is 0.462. The number of carbonyl (C=O) groups is 1. The van der Waals surface area contributed by atoms with E-state index in [1.165, 1.54) is 6.08 Å². The van der Waals surface area contributed by atoms with Crippen LogP contribution in [0.3, 0.4) is 0 Å². The van der Waals surface area contributed by atoms with E-state index in [-0.39, 0.29) is 11.9 Å². The molecule has 0 spiro atoms. The van der Waals surface area contributed by atoms with Crippen molar-refractivity contribution in [3.63, 3.8) is 0 Å². The fourth-order valence-electron chi connectivity index (χ4n) is 2.06. The molecular formula is C15H13N3O2. The topological polar surface area (TPSA) is 64.1 Å². The van der Waals surface area contributed by atoms with E-state index >= 15 is 0 Å². The average Bonchev–Trinajstić information content (AvgIpc) is 2.90. The Bertz CT molecular complexity index is 641. The molecule has 2 aromatic rings. The Kier molecular flexibility index (Phi) is 3.41. The number of nitrogens with one attached hydrogen (secondary N) is 1. The summed E-state index contributed by atoms with van der Waals surface area (Å²) >= 11 is 0. The van der Waals surface area contributed by atoms with Gasteiger partial charge in [0.25, 0.3) is 0 Å². The van der Waals surface area contributed by atoms with Crippen LogP contribution in [-0.4, -0.2) is 22.5 Å². The van der Waals surface area contributed by atoms with E-state index in [0.717, 1.165) is 11.3 Å². The molecule has 3 rings (SSSR count). The smallest absolute Gasteiger partial charge is 0.244 e. The molecule has 1 atom stereocenters. The lowest BCUT2D eigenvalue weighted by atomic mass is 10.1. The molecule has 1 aliphatic heterocycles. The fourth-order valence-corrected chi connectivity index (χ4v) is 2.06. The molecule has 0 saturated heterocycles. The lowest BCUT2D eigenvalue weighted by Crippen LogP contribution is -2.27. The minimum absolute atomic E-state index is 0.106. The van der Waals surface area contributed by atoms with Crippen LogP contribution in [0.4, 0.5) is 0 Å². The number of para-hydroxylation sites is 1. The van der Waals surface area contributed by atoms with Gasteiger partial charge < -0.3 is 10.1 Å². The summed E-state index contributed by atoms with van der Waals surface area (Å²) < 4.78 is 5.51. The third-order valence-electron chi connectivity index (χ3n) is 3.01. The van der Waals surface area contributed by atoms with Crippen molar-refractivity contribution < 1.29 is 9.53 Å². The van der Waals surface area contributed by atoms with Crippen LogP contribution in [-0.2, 0) is 4.79 Å². The van der Waals surface area contributed by atoms with Crippen molar-refractivity contribution in [2.24, 2.45) is 0 Å². The van der Waals surface area contributed by atoms with E-state index in [0.29, 0.717) is 12.3 Å². The second-order valence-corrected chi connectivity index (χ2v) is 4.37. The van der Waals surface area contributed by atoms with Crippen LogP contribution in [0.2, 0.25) is 0 Å². The van der Waals surface area contributed by atoms with E-state index in [9.17, 15) is 4.79 Å². The fraction of sp³-hybridized carbons (Fsp3) is 0.133. The van der Waals surface area contributed by atoms with Gasteiger partial charge in [-0.05, 0) is 12.1 Å². The summed E-state index contributed by atoms with van der Waals surface area (Å²) in [5.41, 5.74) is 1.65. The van der Waals surface area contributed by atoms with Gasteiger partial charge in [-0.1, -0.05) is 18.2 Å². The summed E-state index contributed by atoms with van der Waals surface area (Å²) in [4.78, 5) is 19.9. The molecule has 0 radical (unpaired) electrons. The second kappa shape index (κ2) is 5.52. The third kappa shape index (κ3) is 2.66. The first-order valence-corrected chi connectivity index (χ1v) is 6.29. The number of fused-ring (bicyclic) bond motifs is 1. The van der Waals surface area contributed by atoms with E-state index in [4.69, 9.17) is 4.74 Å². The first kappa shape index (κ1) is 12.3. The Morgan fingerprint density at radius 2 is 2.25 bits per heavy atom. The number of nitrogens with zero attached hydrogens (tertiary/aromatic N) is 2. The highest BCUT2D eigenvalue weighted by Gasteiger charge is 2.24. The predicted octanol–water partition coefficient (Wildman–Crippen LogP) is 1.74. The van der Waals surface area contributed by atoms with Crippen molar-refractivity contribution in [2.45, 2.75) is 6.04 Å². The van der Waals surface area contributed by atoms with Gasteiger partial charge in [0.1, 0.15) is 12.4 Å². The maximum absolute atomic E-state index is 11.9. The largest absolute Gasteiger partial charge is 0.491 e. The van der Waals surface area contributed by atoms with Crippen LogP contribution < -0.4 is 10.1 Å². The Morgan fingerprint density at radius 3 is 3.10 bits per heavy atom. The molecule has 5 heteroatoms. The number of rotatable bonds is 3. The number of benzene rings is 1. The van der Waals surface area contributed by atoms with Gasteiger partial charge in [-0.15, -0.1) is 0 Å². The zero-order valence-corrected chi connectivity index (χ0v) is 10.7. The van der Waals surface area contributed by atoms with Crippen molar-refractivity contribution in [2.75, 3.05) is 6.61 Å². The Hall–Kier alpha value is -2.69. The van der Waals surface area contributed by atoms with Gasteiger partial charge in [-0.2, -0.15) is 0 Å². The minimum Gasteiger partial charge on any atom is -0.491 e. The number of hydrogen-bond donors (Lipinski definition) is 1. The Morgan fingerprint density at radius 1 is 1.35 bits per heavy atom. The van der Waals surface area contributed by atoms with Crippen molar-refractivity contribution in [1.29, 1.82) is 0 Å². The molecule has 0 aliphatic carbocycles. The monoisotopic (exact) mass is 267 g/mol. The Labute approximate surface area is 116 Å². The molecule has 0 fully saturated rings. The number of hydrogen-bond acceptors (Lipinski definition) is 4. The zero-order chi connectivity index (χ0) is 13.8. The first-order chi connectivity index (χ1) is 9.83. The van der Waals surface area contributed by atoms with Crippen LogP contribution in [0.1, 0.15) is 17.3 Å². The van der Waals surface area contributed by atoms with Crippen molar-refractivity contribution in [3.05, 3.63) is 60.2 Å². The van der Waals surface area contributed by atoms with Gasteiger partial charge in [0.15, 0.2) is 0 Å². The molecule has 1 aromatic heterocycles. The highest BCUT2D eigenvalue weighted by atomic mass is 16.5. The molecule has 1 unspecified atom stereocenters. The zero-order valence-electron chi connectivity index (χ0n) is 10.7. The number of carbonyl (C=O) groups excluding carboxylic acids is 1. The van der Waals surface area contributed by atoms with Crippen molar-refractivity contribution in [1.82, 2.24) is 15.3 Å². The molecule has 1 amide bonds. The van der Waals surface area contributed by atoms with Crippen LogP contribution in [0.25, 0.3) is 6.08 Å². The number of ether oxygens (including phenoxy) is 1. The second-order valence-electron chi connectivity index (χ2n) is 4.37. The molecule has 1 aliphatic rings. The highest BCUT2D eigenvalue weighted by Crippen LogP contribution is 2.31. The molecule has 0 bridgehead atoms. The molecule has 5 nitrogen and oxygen atoms in total. The highest BCUT2D eigenvalue weighted by molar-refractivity contribution is 5.91. The number of amides is 1. The van der Waals surface area contributed by atoms with E-state index < -0.39 is 0 Å². The molecule has 1 N–H and O–H groups in total. The van der Waals surface area contributed by atoms with E-state index in [2.05, 4.69) is 15.3 Å². The van der Waals surface area contributed by atoms with Crippen LogP contribution in [0.15, 0.2) is 48.9 Å². The van der Waals surface area contributed by atoms with Gasteiger partial charge >= 0.3 is 0 Å². The Balaban J connectivity index is 1.65. The van der Waals surface area contributed by atoms with Gasteiger partial charge in [0, 0.05) is 24.0 Å². The maximum Gasteiger partial charge on any atom is 0.244 e. The van der Waals surface area contributed by atoms with Gasteiger partial charge in [0.2, 0.25) is 5.91 Å². The predicted molar refractivity (Wildman–Crippen MR) is 73.9 cm³/mol. The summed E-state index contributed by atoms with van der Waals surface area (Å²) in [7, 11) is 0. The van der Waals surface area contributed by atoms with Crippen molar-refractivity contribution in [3.8, 4) is 5.75 Å². The first-order valence-electron chi connectivity index (χ1n) is 6.29. The number of aromatic nitrogens is 2. The van der Waals surface area contributed by atoms with Crippen LogP contribution in [0.5, 0.6) is 5.75 Å². The molecule has 1 aromatic carbocycles. The van der Waals surface area contributed by atoms with Crippen LogP contribution >= 0.6 is 0 Å². The minimum atomic E-state index is -0.180. The molecule has 20 heavy (non-hydrogen) atoms. The quantitative estimate of drug-likeness (QED) is 0.860. The molecule has 100 valence electrons. The molecule has 0 saturated carbocycles. The summed E-state index contributed by atoms with van der Waals surface area (Å²) in [6, 6.07) is 7.60. The normalized spacial score (nSPS) is 16.7. The van der Waals surface area contributed by atoms with Gasteiger partial charge in [-0.3, -0.25) is 14.8 Å². The lowest BCUT2D eigenvalue weighted by molar-refractivity contribution is -0.117. The molecular weight excluding hydrogens is 254 g/mol. The van der Waals surface area contributed by atoms with E-state index in [1.807, 2.05) is 24.3 Å². The van der Waals surface area contributed by atoms with Crippen molar-refractivity contribution >= 4 is 12.0 Å². The third-order valence-corrected chi connectivity index (χ3v) is 3.01. The van der Waals surface area contributed by atoms with Gasteiger partial charge in [0.05, 0.1) is 17.9 Å². The summed E-state index contributed by atoms with van der Waals surface area (Å²) in [5.74, 6) is 0.650. The van der Waals surface area contributed by atoms with Crippen LogP contribution in [0, 0.1) is 0 Å². The standard InChI is InChI=1S/C15H13N3O2/c19-15(6-5-11-9-16-7-8-17-11)18-13-10-20-14-4-2-1-3-12(13)14/h1-9,13H,10H2,(H,18,19). The average molecular weight is 267 g/mol. The maximum atomic E-state index is 11.9. The SMILES string of the molecule is O=C(C=Cc1cnccn1)NC1COc2ccccc21. The summed E-state index contributed by atoms with van der Waals surface area (Å²) in [6.07, 6.45) is 7.84.